The highest BCUT2D eigenvalue weighted by atomic mass is 16.5. The number of nitrogens with two attached hydrogens (primary N) is 1. The summed E-state index contributed by atoms with van der Waals surface area (Å²) in [5.74, 6) is 0.175. The van der Waals surface area contributed by atoms with Crippen LogP contribution in [0.3, 0.4) is 0 Å². The number of benzene rings is 2. The summed E-state index contributed by atoms with van der Waals surface area (Å²) in [7, 11) is 0. The van der Waals surface area contributed by atoms with Gasteiger partial charge in [-0.15, -0.1) is 0 Å². The first kappa shape index (κ1) is 21.0. The van der Waals surface area contributed by atoms with Crippen LogP contribution in [0.2, 0.25) is 0 Å². The maximum absolute atomic E-state index is 13.0. The SMILES string of the molecule is CC(C)c1cc(C(=O)Nc2ccc(Oc3cccc(C(N)=O)c3)nc2)c2ccccc2n1. The summed E-state index contributed by atoms with van der Waals surface area (Å²) in [6, 6.07) is 19.3. The molecule has 0 bridgehead atoms. The number of hydrogen-bond acceptors (Lipinski definition) is 5. The first-order valence-corrected chi connectivity index (χ1v) is 10.2. The molecule has 0 saturated carbocycles. The minimum Gasteiger partial charge on any atom is -0.439 e. The molecule has 4 rings (SSSR count). The molecule has 7 heteroatoms. The molecule has 0 saturated heterocycles. The van der Waals surface area contributed by atoms with Gasteiger partial charge in [-0.1, -0.05) is 38.1 Å². The molecule has 2 aromatic heterocycles. The lowest BCUT2D eigenvalue weighted by Gasteiger charge is -2.12. The molecule has 2 amide bonds. The van der Waals surface area contributed by atoms with Gasteiger partial charge in [-0.25, -0.2) is 4.98 Å². The molecule has 0 radical (unpaired) electrons. The summed E-state index contributed by atoms with van der Waals surface area (Å²) < 4.78 is 5.67. The molecule has 0 spiro atoms. The standard InChI is InChI=1S/C25H22N4O3/c1-15(2)22-13-20(19-8-3-4-9-21(19)29-22)25(31)28-17-10-11-23(27-14-17)32-18-7-5-6-16(12-18)24(26)30/h3-15H,1-2H3,(H2,26,30)(H,28,31). The summed E-state index contributed by atoms with van der Waals surface area (Å²) in [4.78, 5) is 33.2. The smallest absolute Gasteiger partial charge is 0.256 e. The van der Waals surface area contributed by atoms with Crippen LogP contribution in [0.1, 0.15) is 46.2 Å². The summed E-state index contributed by atoms with van der Waals surface area (Å²) in [5, 5.41) is 3.67. The normalized spacial score (nSPS) is 10.8. The molecule has 0 atom stereocenters. The average Bonchev–Trinajstić information content (AvgIpc) is 2.79. The van der Waals surface area contributed by atoms with Gasteiger partial charge in [0.15, 0.2) is 0 Å². The Morgan fingerprint density at radius 1 is 1.00 bits per heavy atom. The second-order valence-electron chi connectivity index (χ2n) is 7.60. The van der Waals surface area contributed by atoms with E-state index in [9.17, 15) is 9.59 Å². The Hall–Kier alpha value is -4.26. The third-order valence-corrected chi connectivity index (χ3v) is 4.91. The van der Waals surface area contributed by atoms with E-state index < -0.39 is 5.91 Å². The Balaban J connectivity index is 1.53. The molecule has 32 heavy (non-hydrogen) atoms. The molecule has 0 aliphatic rings. The van der Waals surface area contributed by atoms with Gasteiger partial charge in [0, 0.05) is 22.7 Å². The maximum atomic E-state index is 13.0. The number of para-hydroxylation sites is 1. The van der Waals surface area contributed by atoms with E-state index in [2.05, 4.69) is 15.3 Å². The molecular formula is C25H22N4O3. The van der Waals surface area contributed by atoms with E-state index in [0.29, 0.717) is 28.4 Å². The minimum atomic E-state index is -0.536. The van der Waals surface area contributed by atoms with Crippen molar-refractivity contribution in [2.24, 2.45) is 5.73 Å². The Kier molecular flexibility index (Phi) is 5.81. The van der Waals surface area contributed by atoms with E-state index in [1.807, 2.05) is 44.2 Å². The number of nitrogens with zero attached hydrogens (tertiary/aromatic N) is 2. The molecule has 0 aliphatic heterocycles. The zero-order valence-corrected chi connectivity index (χ0v) is 17.7. The Morgan fingerprint density at radius 3 is 2.53 bits per heavy atom. The molecule has 2 aromatic carbocycles. The molecule has 2 heterocycles. The highest BCUT2D eigenvalue weighted by molar-refractivity contribution is 6.12. The van der Waals surface area contributed by atoms with Crippen molar-refractivity contribution < 1.29 is 14.3 Å². The van der Waals surface area contributed by atoms with Crippen LogP contribution in [0.5, 0.6) is 11.6 Å². The molecule has 0 unspecified atom stereocenters. The molecule has 160 valence electrons. The summed E-state index contributed by atoms with van der Waals surface area (Å²) in [6.45, 7) is 4.08. The van der Waals surface area contributed by atoms with E-state index >= 15 is 0 Å². The van der Waals surface area contributed by atoms with Crippen molar-refractivity contribution >= 4 is 28.4 Å². The second kappa shape index (κ2) is 8.85. The molecule has 4 aromatic rings. The van der Waals surface area contributed by atoms with Crippen LogP contribution in [-0.4, -0.2) is 21.8 Å². The van der Waals surface area contributed by atoms with E-state index in [4.69, 9.17) is 10.5 Å². The molecule has 0 aliphatic carbocycles. The Bertz CT molecular complexity index is 1300. The average molecular weight is 426 g/mol. The zero-order chi connectivity index (χ0) is 22.7. The number of nitrogens with one attached hydrogen (secondary N) is 1. The summed E-state index contributed by atoms with van der Waals surface area (Å²) in [6.07, 6.45) is 1.51. The monoisotopic (exact) mass is 426 g/mol. The first-order chi connectivity index (χ1) is 15.4. The summed E-state index contributed by atoms with van der Waals surface area (Å²) >= 11 is 0. The van der Waals surface area contributed by atoms with Crippen molar-refractivity contribution in [3.8, 4) is 11.6 Å². The molecule has 3 N–H and O–H groups in total. The number of hydrogen-bond donors (Lipinski definition) is 2. The van der Waals surface area contributed by atoms with Gasteiger partial charge in [-0.05, 0) is 42.3 Å². The van der Waals surface area contributed by atoms with Crippen LogP contribution >= 0.6 is 0 Å². The number of amides is 2. The summed E-state index contributed by atoms with van der Waals surface area (Å²) in [5.41, 5.74) is 8.36. The largest absolute Gasteiger partial charge is 0.439 e. The number of anilines is 1. The third-order valence-electron chi connectivity index (χ3n) is 4.91. The molecule has 7 nitrogen and oxygen atoms in total. The fourth-order valence-electron chi connectivity index (χ4n) is 3.23. The van der Waals surface area contributed by atoms with Gasteiger partial charge in [-0.3, -0.25) is 14.6 Å². The number of fused-ring (bicyclic) bond motifs is 1. The van der Waals surface area contributed by atoms with Crippen LogP contribution in [-0.2, 0) is 0 Å². The topological polar surface area (TPSA) is 107 Å². The number of carbonyl (C=O) groups is 2. The fraction of sp³-hybridized carbons (Fsp3) is 0.120. The quantitative estimate of drug-likeness (QED) is 0.456. The van der Waals surface area contributed by atoms with Crippen molar-refractivity contribution in [1.29, 1.82) is 0 Å². The maximum Gasteiger partial charge on any atom is 0.256 e. The minimum absolute atomic E-state index is 0.192. The number of ether oxygens (including phenoxy) is 1. The highest BCUT2D eigenvalue weighted by Gasteiger charge is 2.15. The van der Waals surface area contributed by atoms with Crippen LogP contribution in [0.15, 0.2) is 72.9 Å². The predicted octanol–water partition coefficient (Wildman–Crippen LogP) is 4.90. The second-order valence-corrected chi connectivity index (χ2v) is 7.60. The van der Waals surface area contributed by atoms with Crippen LogP contribution in [0.4, 0.5) is 5.69 Å². The van der Waals surface area contributed by atoms with Crippen molar-refractivity contribution in [2.45, 2.75) is 19.8 Å². The van der Waals surface area contributed by atoms with E-state index in [-0.39, 0.29) is 11.8 Å². The first-order valence-electron chi connectivity index (χ1n) is 10.2. The number of carbonyl (C=O) groups excluding carboxylic acids is 2. The number of primary amides is 1. The fourth-order valence-corrected chi connectivity index (χ4v) is 3.23. The highest BCUT2D eigenvalue weighted by Crippen LogP contribution is 2.25. The predicted molar refractivity (Wildman–Crippen MR) is 123 cm³/mol. The van der Waals surface area contributed by atoms with Gasteiger partial charge >= 0.3 is 0 Å². The van der Waals surface area contributed by atoms with Gasteiger partial charge in [0.05, 0.1) is 23.0 Å². The zero-order valence-electron chi connectivity index (χ0n) is 17.7. The van der Waals surface area contributed by atoms with E-state index in [1.54, 1.807) is 36.4 Å². The van der Waals surface area contributed by atoms with Gasteiger partial charge in [-0.2, -0.15) is 0 Å². The van der Waals surface area contributed by atoms with E-state index in [0.717, 1.165) is 16.6 Å². The Labute approximate surface area is 185 Å². The van der Waals surface area contributed by atoms with Crippen molar-refractivity contribution in [1.82, 2.24) is 9.97 Å². The van der Waals surface area contributed by atoms with Crippen LogP contribution in [0, 0.1) is 0 Å². The van der Waals surface area contributed by atoms with Gasteiger partial charge in [0.2, 0.25) is 11.8 Å². The number of aromatic nitrogens is 2. The molecule has 0 fully saturated rings. The van der Waals surface area contributed by atoms with E-state index in [1.165, 1.54) is 6.20 Å². The van der Waals surface area contributed by atoms with Crippen molar-refractivity contribution in [3.05, 3.63) is 89.7 Å². The van der Waals surface area contributed by atoms with Crippen LogP contribution < -0.4 is 15.8 Å². The van der Waals surface area contributed by atoms with Gasteiger partial charge < -0.3 is 15.8 Å². The number of pyridine rings is 2. The third kappa shape index (κ3) is 4.57. The molecular weight excluding hydrogens is 404 g/mol. The van der Waals surface area contributed by atoms with Crippen molar-refractivity contribution in [3.63, 3.8) is 0 Å². The van der Waals surface area contributed by atoms with Crippen molar-refractivity contribution in [2.75, 3.05) is 5.32 Å². The lowest BCUT2D eigenvalue weighted by Crippen LogP contribution is -2.14. The van der Waals surface area contributed by atoms with Gasteiger partial charge in [0.1, 0.15) is 5.75 Å². The van der Waals surface area contributed by atoms with Gasteiger partial charge in [0.25, 0.3) is 5.91 Å². The number of rotatable bonds is 6. The Morgan fingerprint density at radius 2 is 1.81 bits per heavy atom. The van der Waals surface area contributed by atoms with Crippen LogP contribution in [0.25, 0.3) is 10.9 Å². The lowest BCUT2D eigenvalue weighted by molar-refractivity contribution is 0.0997. The lowest BCUT2D eigenvalue weighted by atomic mass is 10.0.